The average molecular weight is 381 g/mol. The number of aromatic nitrogens is 2. The second-order valence-corrected chi connectivity index (χ2v) is 10.0. The second-order valence-electron chi connectivity index (χ2n) is 8.06. The van der Waals surface area contributed by atoms with E-state index in [1.165, 1.54) is 30.4 Å². The van der Waals surface area contributed by atoms with Crippen molar-refractivity contribution in [3.05, 3.63) is 17.0 Å². The van der Waals surface area contributed by atoms with Gasteiger partial charge in [0.05, 0.1) is 11.9 Å². The van der Waals surface area contributed by atoms with E-state index < -0.39 is 10.0 Å². The number of nitrogens with zero attached hydrogens (tertiary/aromatic N) is 3. The lowest BCUT2D eigenvalue weighted by atomic mass is 9.93. The molecule has 0 aromatic carbocycles. The van der Waals surface area contributed by atoms with Crippen molar-refractivity contribution in [2.45, 2.75) is 57.4 Å². The molecule has 1 aromatic rings. The first kappa shape index (κ1) is 18.0. The fourth-order valence-corrected chi connectivity index (χ4v) is 5.66. The van der Waals surface area contributed by atoms with Crippen molar-refractivity contribution in [2.75, 3.05) is 25.9 Å². The third-order valence-corrected chi connectivity index (χ3v) is 7.42. The van der Waals surface area contributed by atoms with Crippen molar-refractivity contribution in [1.29, 1.82) is 0 Å². The Balaban J connectivity index is 1.41. The number of hydrogen-bond acceptors (Lipinski definition) is 4. The van der Waals surface area contributed by atoms with E-state index >= 15 is 0 Å². The Hall–Kier alpha value is -1.41. The molecule has 26 heavy (non-hydrogen) atoms. The van der Waals surface area contributed by atoms with E-state index in [2.05, 4.69) is 10.2 Å². The zero-order valence-corrected chi connectivity index (χ0v) is 16.2. The molecule has 3 saturated heterocycles. The van der Waals surface area contributed by atoms with Crippen LogP contribution in [0.5, 0.6) is 0 Å². The van der Waals surface area contributed by atoms with E-state index in [0.29, 0.717) is 32.5 Å². The predicted octanol–water partition coefficient (Wildman–Crippen LogP) is 1.10. The van der Waals surface area contributed by atoms with E-state index in [1.54, 1.807) is 4.31 Å². The molecule has 0 spiro atoms. The Morgan fingerprint density at radius 2 is 2.00 bits per heavy atom. The van der Waals surface area contributed by atoms with Crippen molar-refractivity contribution in [3.63, 3.8) is 0 Å². The van der Waals surface area contributed by atoms with Crippen LogP contribution in [0.3, 0.4) is 0 Å². The maximum atomic E-state index is 12.9. The summed E-state index contributed by atoms with van der Waals surface area (Å²) in [6.07, 6.45) is 8.85. The molecular weight excluding hydrogens is 352 g/mol. The van der Waals surface area contributed by atoms with Gasteiger partial charge in [0.25, 0.3) is 0 Å². The molecule has 1 aromatic heterocycles. The first-order valence-electron chi connectivity index (χ1n) is 9.71. The molecule has 5 rings (SSSR count). The van der Waals surface area contributed by atoms with Crippen LogP contribution in [0.2, 0.25) is 0 Å². The Bertz CT molecular complexity index is 788. The van der Waals surface area contributed by atoms with Gasteiger partial charge in [0, 0.05) is 44.2 Å². The first-order chi connectivity index (χ1) is 12.4. The zero-order valence-electron chi connectivity index (χ0n) is 15.4. The van der Waals surface area contributed by atoms with E-state index in [4.69, 9.17) is 0 Å². The van der Waals surface area contributed by atoms with Gasteiger partial charge in [-0.05, 0) is 50.0 Å². The van der Waals surface area contributed by atoms with Gasteiger partial charge in [-0.3, -0.25) is 9.89 Å². The highest BCUT2D eigenvalue weighted by molar-refractivity contribution is 7.88. The average Bonchev–Trinajstić information content (AvgIpc) is 2.78. The Morgan fingerprint density at radius 1 is 1.19 bits per heavy atom. The minimum absolute atomic E-state index is 0.0177. The monoisotopic (exact) mass is 380 g/mol. The zero-order chi connectivity index (χ0) is 18.3. The van der Waals surface area contributed by atoms with Gasteiger partial charge in [-0.15, -0.1) is 0 Å². The third kappa shape index (κ3) is 3.53. The molecule has 3 fully saturated rings. The highest BCUT2D eigenvalue weighted by Gasteiger charge is 2.39. The van der Waals surface area contributed by atoms with Gasteiger partial charge in [-0.25, -0.2) is 8.42 Å². The maximum Gasteiger partial charge on any atom is 0.223 e. The largest absolute Gasteiger partial charge is 0.338 e. The first-order valence-corrected chi connectivity index (χ1v) is 11.6. The number of sulfonamides is 1. The summed E-state index contributed by atoms with van der Waals surface area (Å²) in [4.78, 5) is 14.8. The van der Waals surface area contributed by atoms with Crippen LogP contribution in [0.15, 0.2) is 0 Å². The lowest BCUT2D eigenvalue weighted by Crippen LogP contribution is -2.47. The van der Waals surface area contributed by atoms with Crippen LogP contribution in [0.4, 0.5) is 0 Å². The molecule has 2 atom stereocenters. The van der Waals surface area contributed by atoms with Gasteiger partial charge < -0.3 is 4.90 Å². The molecule has 0 saturated carbocycles. The summed E-state index contributed by atoms with van der Waals surface area (Å²) >= 11 is 0. The number of nitrogens with one attached hydrogen (secondary N) is 1. The molecule has 4 heterocycles. The molecule has 1 amide bonds. The molecule has 3 aliphatic heterocycles. The van der Waals surface area contributed by atoms with Crippen LogP contribution in [-0.4, -0.2) is 65.7 Å². The lowest BCUT2D eigenvalue weighted by molar-refractivity contribution is -0.135. The summed E-state index contributed by atoms with van der Waals surface area (Å²) in [5, 5.41) is 7.58. The van der Waals surface area contributed by atoms with Gasteiger partial charge in [0.15, 0.2) is 0 Å². The van der Waals surface area contributed by atoms with Gasteiger partial charge >= 0.3 is 0 Å². The summed E-state index contributed by atoms with van der Waals surface area (Å²) in [7, 11) is -3.20. The van der Waals surface area contributed by atoms with Gasteiger partial charge in [0.1, 0.15) is 0 Å². The van der Waals surface area contributed by atoms with E-state index in [0.717, 1.165) is 31.4 Å². The van der Waals surface area contributed by atoms with Crippen LogP contribution in [0.25, 0.3) is 0 Å². The molecule has 144 valence electrons. The van der Waals surface area contributed by atoms with Crippen LogP contribution in [0, 0.1) is 5.92 Å². The molecule has 4 aliphatic rings. The fourth-order valence-electron chi connectivity index (χ4n) is 4.74. The molecule has 1 N–H and O–H groups in total. The molecule has 0 radical (unpaired) electrons. The number of aromatic amines is 1. The number of amides is 1. The van der Waals surface area contributed by atoms with Gasteiger partial charge in [0.2, 0.25) is 15.9 Å². The van der Waals surface area contributed by atoms with Crippen molar-refractivity contribution in [3.8, 4) is 0 Å². The third-order valence-electron chi connectivity index (χ3n) is 6.19. The van der Waals surface area contributed by atoms with E-state index in [1.807, 2.05) is 4.90 Å². The smallest absolute Gasteiger partial charge is 0.223 e. The van der Waals surface area contributed by atoms with Crippen LogP contribution in [-0.2, 0) is 34.1 Å². The second kappa shape index (κ2) is 6.96. The number of H-pyrrole nitrogens is 1. The van der Waals surface area contributed by atoms with E-state index in [9.17, 15) is 13.2 Å². The topological polar surface area (TPSA) is 86.4 Å². The molecule has 7 nitrogen and oxygen atoms in total. The van der Waals surface area contributed by atoms with Crippen LogP contribution in [0.1, 0.15) is 49.1 Å². The van der Waals surface area contributed by atoms with Crippen molar-refractivity contribution >= 4 is 15.9 Å². The number of carbonyl (C=O) groups is 1. The van der Waals surface area contributed by atoms with Crippen molar-refractivity contribution < 1.29 is 13.2 Å². The number of carbonyl (C=O) groups excluding carboxylic acids is 1. The molecular formula is C18H28N4O3S. The Labute approximate surface area is 155 Å². The molecule has 0 unspecified atom stereocenters. The summed E-state index contributed by atoms with van der Waals surface area (Å²) in [6, 6.07) is 0.0177. The highest BCUT2D eigenvalue weighted by atomic mass is 32.2. The Kier molecular flexibility index (Phi) is 4.81. The standard InChI is InChI=1S/C18H28N4O3S/c1-26(24,25)21-10-13-6-7-14(12-21)22(11-13)18(23)9-8-17-15-4-2-3-5-16(15)19-20-17/h13-14H,2-12H2,1H3,(H,19,20)/t13-,14+/m0/s1. The minimum atomic E-state index is -3.20. The number of hydrogen-bond donors (Lipinski definition) is 1. The van der Waals surface area contributed by atoms with Gasteiger partial charge in [-0.2, -0.15) is 9.40 Å². The van der Waals surface area contributed by atoms with Crippen LogP contribution < -0.4 is 0 Å². The SMILES string of the molecule is CS(=O)(=O)N1C[C@@H]2CC[C@H](C1)N(C(=O)CCc1n[nH]c3c1CCCC3)C2. The summed E-state index contributed by atoms with van der Waals surface area (Å²) in [5.74, 6) is 0.396. The molecule has 8 heteroatoms. The van der Waals surface area contributed by atoms with Crippen LogP contribution >= 0.6 is 0 Å². The summed E-state index contributed by atoms with van der Waals surface area (Å²) < 4.78 is 25.5. The molecule has 1 aliphatic carbocycles. The predicted molar refractivity (Wildman–Crippen MR) is 98.2 cm³/mol. The minimum Gasteiger partial charge on any atom is -0.338 e. The Morgan fingerprint density at radius 3 is 2.81 bits per heavy atom. The number of piperidine rings is 1. The maximum absolute atomic E-state index is 12.9. The van der Waals surface area contributed by atoms with E-state index in [-0.39, 0.29) is 17.9 Å². The number of rotatable bonds is 4. The van der Waals surface area contributed by atoms with Crippen molar-refractivity contribution in [2.24, 2.45) is 5.92 Å². The number of aryl methyl sites for hydroxylation is 2. The van der Waals surface area contributed by atoms with Crippen molar-refractivity contribution in [1.82, 2.24) is 19.4 Å². The lowest BCUT2D eigenvalue weighted by Gasteiger charge is -2.36. The quantitative estimate of drug-likeness (QED) is 0.848. The molecule has 2 bridgehead atoms. The van der Waals surface area contributed by atoms with Gasteiger partial charge in [-0.1, -0.05) is 0 Å². The number of fused-ring (bicyclic) bond motifs is 5. The summed E-state index contributed by atoms with van der Waals surface area (Å²) in [5.41, 5.74) is 3.62. The fraction of sp³-hybridized carbons (Fsp3) is 0.778. The highest BCUT2D eigenvalue weighted by Crippen LogP contribution is 2.30. The normalized spacial score (nSPS) is 26.6. The summed E-state index contributed by atoms with van der Waals surface area (Å²) in [6.45, 7) is 1.68.